The number of benzene rings is 1. The number of hydrogen-bond donors (Lipinski definition) is 1. The molecular formula is C19H26ClN2O3. The highest BCUT2D eigenvalue weighted by atomic mass is 35.5. The van der Waals surface area contributed by atoms with Crippen molar-refractivity contribution in [2.75, 3.05) is 0 Å². The van der Waals surface area contributed by atoms with Crippen LogP contribution in [0, 0.1) is 30.9 Å². The lowest BCUT2D eigenvalue weighted by atomic mass is 9.86. The van der Waals surface area contributed by atoms with Crippen molar-refractivity contribution in [1.82, 2.24) is 5.32 Å². The molecular weight excluding hydrogens is 340 g/mol. The van der Waals surface area contributed by atoms with Crippen LogP contribution in [0.1, 0.15) is 62.2 Å². The van der Waals surface area contributed by atoms with Crippen LogP contribution in [0.25, 0.3) is 0 Å². The van der Waals surface area contributed by atoms with Gasteiger partial charge in [0, 0.05) is 18.2 Å². The van der Waals surface area contributed by atoms with Gasteiger partial charge in [-0.2, -0.15) is 0 Å². The van der Waals surface area contributed by atoms with Crippen LogP contribution in [0.15, 0.2) is 18.2 Å². The van der Waals surface area contributed by atoms with Crippen molar-refractivity contribution in [3.63, 3.8) is 0 Å². The van der Waals surface area contributed by atoms with Crippen LogP contribution in [0.4, 0.5) is 5.69 Å². The molecule has 1 N–H and O–H groups in total. The Bertz CT molecular complexity index is 570. The number of nitrogens with zero attached hydrogens (tertiary/aromatic N) is 1. The summed E-state index contributed by atoms with van der Waals surface area (Å²) in [6.45, 7) is 1.97. The molecule has 1 unspecified atom stereocenters. The monoisotopic (exact) mass is 365 g/mol. The smallest absolute Gasteiger partial charge is 0.270 e. The van der Waals surface area contributed by atoms with Gasteiger partial charge < -0.3 is 5.32 Å². The van der Waals surface area contributed by atoms with Crippen molar-refractivity contribution in [2.24, 2.45) is 0 Å². The Morgan fingerprint density at radius 2 is 1.72 bits per heavy atom. The third kappa shape index (κ3) is 6.65. The maximum atomic E-state index is 12.4. The number of carbonyl (C=O) groups excluding carboxylic acids is 1. The Hall–Kier alpha value is -1.62. The first-order chi connectivity index (χ1) is 11.0. The van der Waals surface area contributed by atoms with Gasteiger partial charge >= 0.3 is 0 Å². The van der Waals surface area contributed by atoms with E-state index in [0.717, 1.165) is 25.7 Å². The summed E-state index contributed by atoms with van der Waals surface area (Å²) in [7, 11) is 0. The zero-order valence-electron chi connectivity index (χ0n) is 14.7. The Morgan fingerprint density at radius 1 is 1.16 bits per heavy atom. The van der Waals surface area contributed by atoms with Crippen LogP contribution in [0.3, 0.4) is 0 Å². The molecule has 1 aliphatic rings. The van der Waals surface area contributed by atoms with Crippen LogP contribution in [0.5, 0.6) is 0 Å². The number of rotatable bonds is 4. The summed E-state index contributed by atoms with van der Waals surface area (Å²) in [6.07, 6.45) is 8.15. The van der Waals surface area contributed by atoms with E-state index in [2.05, 4.69) is 5.32 Å². The average Bonchev–Trinajstić information content (AvgIpc) is 2.46. The van der Waals surface area contributed by atoms with Gasteiger partial charge in [0.05, 0.1) is 15.5 Å². The fourth-order valence-corrected chi connectivity index (χ4v) is 3.17. The van der Waals surface area contributed by atoms with Crippen LogP contribution in [-0.4, -0.2) is 16.9 Å². The van der Waals surface area contributed by atoms with Gasteiger partial charge in [-0.3, -0.25) is 14.9 Å². The van der Waals surface area contributed by atoms with Gasteiger partial charge in [-0.05, 0) is 31.7 Å². The maximum Gasteiger partial charge on any atom is 0.270 e. The van der Waals surface area contributed by atoms with E-state index >= 15 is 0 Å². The molecule has 2 rings (SSSR count). The van der Waals surface area contributed by atoms with E-state index in [9.17, 15) is 14.9 Å². The molecule has 1 saturated carbocycles. The van der Waals surface area contributed by atoms with Crippen molar-refractivity contribution >= 4 is 23.2 Å². The average molecular weight is 366 g/mol. The van der Waals surface area contributed by atoms with Gasteiger partial charge in [-0.15, -0.1) is 0 Å². The van der Waals surface area contributed by atoms with Crippen molar-refractivity contribution < 1.29 is 9.72 Å². The first-order valence-corrected chi connectivity index (χ1v) is 8.46. The second-order valence-electron chi connectivity index (χ2n) is 6.04. The van der Waals surface area contributed by atoms with Crippen LogP contribution >= 0.6 is 11.6 Å². The molecule has 1 aromatic carbocycles. The molecule has 137 valence electrons. The molecule has 5 radical (unpaired) electrons. The summed E-state index contributed by atoms with van der Waals surface area (Å²) in [4.78, 5) is 22.7. The minimum atomic E-state index is -0.528. The van der Waals surface area contributed by atoms with Gasteiger partial charge in [0.1, 0.15) is 0 Å². The number of hydrogen-bond acceptors (Lipinski definition) is 3. The zero-order valence-corrected chi connectivity index (χ0v) is 15.5. The van der Waals surface area contributed by atoms with Crippen molar-refractivity contribution in [3.8, 4) is 0 Å². The molecule has 1 amide bonds. The SMILES string of the molecule is CC(NC(=O)c1cc([N+](=O)[O-])ccc1Cl)[C]1CCCCCCC1.[CH2].[CH2]. The first-order valence-electron chi connectivity index (χ1n) is 8.08. The van der Waals surface area contributed by atoms with E-state index in [4.69, 9.17) is 11.6 Å². The number of nitro groups is 1. The third-order valence-electron chi connectivity index (χ3n) is 4.36. The summed E-state index contributed by atoms with van der Waals surface area (Å²) in [5.41, 5.74) is 0.0185. The largest absolute Gasteiger partial charge is 0.349 e. The lowest BCUT2D eigenvalue weighted by Gasteiger charge is -2.26. The lowest BCUT2D eigenvalue weighted by molar-refractivity contribution is -0.384. The summed E-state index contributed by atoms with van der Waals surface area (Å²) in [5, 5.41) is 14.0. The third-order valence-corrected chi connectivity index (χ3v) is 4.69. The molecule has 0 aliphatic heterocycles. The van der Waals surface area contributed by atoms with Gasteiger partial charge in [-0.1, -0.05) is 58.6 Å². The standard InChI is InChI=1S/C17H22ClN2O3.2CH2/c1-12(13-7-5-3-2-4-6-8-13)19-17(21)15-11-14(20(22)23)9-10-16(15)18;;/h9-12H,2-8H2,1H3,(H,19,21);2*1H2. The molecule has 5 nitrogen and oxygen atoms in total. The van der Waals surface area contributed by atoms with Crippen LogP contribution in [0.2, 0.25) is 5.02 Å². The predicted octanol–water partition coefficient (Wildman–Crippen LogP) is 5.34. The number of nitro benzene ring substituents is 1. The van der Waals surface area contributed by atoms with E-state index in [1.165, 1.54) is 43.4 Å². The Labute approximate surface area is 156 Å². The van der Waals surface area contributed by atoms with Gasteiger partial charge in [0.25, 0.3) is 11.6 Å². The highest BCUT2D eigenvalue weighted by molar-refractivity contribution is 6.34. The topological polar surface area (TPSA) is 72.2 Å². The molecule has 0 bridgehead atoms. The summed E-state index contributed by atoms with van der Waals surface area (Å²) >= 11 is 6.02. The highest BCUT2D eigenvalue weighted by Gasteiger charge is 2.23. The van der Waals surface area contributed by atoms with Crippen LogP contribution in [-0.2, 0) is 0 Å². The molecule has 1 atom stereocenters. The molecule has 0 aromatic heterocycles. The van der Waals surface area contributed by atoms with E-state index in [1.54, 1.807) is 0 Å². The molecule has 0 heterocycles. The van der Waals surface area contributed by atoms with E-state index < -0.39 is 4.92 Å². The zero-order chi connectivity index (χ0) is 16.8. The molecule has 1 aliphatic carbocycles. The normalized spacial score (nSPS) is 16.4. The second kappa shape index (κ2) is 11.1. The lowest BCUT2D eigenvalue weighted by Crippen LogP contribution is -2.37. The molecule has 6 heteroatoms. The first kappa shape index (κ1) is 23.4. The van der Waals surface area contributed by atoms with Gasteiger partial charge in [0.15, 0.2) is 0 Å². The van der Waals surface area contributed by atoms with Crippen molar-refractivity contribution in [3.05, 3.63) is 59.7 Å². The minimum Gasteiger partial charge on any atom is -0.349 e. The molecule has 0 spiro atoms. The molecule has 1 aromatic rings. The number of amides is 1. The fourth-order valence-electron chi connectivity index (χ4n) is 2.97. The molecule has 25 heavy (non-hydrogen) atoms. The minimum absolute atomic E-state index is 0. The Kier molecular flexibility index (Phi) is 10.4. The molecule has 1 fully saturated rings. The Morgan fingerprint density at radius 3 is 2.28 bits per heavy atom. The second-order valence-corrected chi connectivity index (χ2v) is 6.45. The summed E-state index contributed by atoms with van der Waals surface area (Å²) in [5.74, 6) is 0.986. The van der Waals surface area contributed by atoms with Crippen LogP contribution < -0.4 is 5.32 Å². The van der Waals surface area contributed by atoms with E-state index in [1.807, 2.05) is 6.92 Å². The van der Waals surface area contributed by atoms with E-state index in [0.29, 0.717) is 0 Å². The number of carbonyl (C=O) groups is 1. The Balaban J connectivity index is 0.00000288. The highest BCUT2D eigenvalue weighted by Crippen LogP contribution is 2.27. The summed E-state index contributed by atoms with van der Waals surface area (Å²) < 4.78 is 0. The summed E-state index contributed by atoms with van der Waals surface area (Å²) in [6, 6.07) is 3.87. The van der Waals surface area contributed by atoms with Crippen molar-refractivity contribution in [2.45, 2.75) is 57.9 Å². The number of halogens is 1. The van der Waals surface area contributed by atoms with Gasteiger partial charge in [-0.25, -0.2) is 0 Å². The number of nitrogens with one attached hydrogen (secondary N) is 1. The quantitative estimate of drug-likeness (QED) is 0.578. The maximum absolute atomic E-state index is 12.4. The fraction of sp³-hybridized carbons (Fsp3) is 0.474. The molecule has 0 saturated heterocycles. The van der Waals surface area contributed by atoms with E-state index in [-0.39, 0.29) is 43.1 Å². The number of non-ortho nitro benzene ring substituents is 1. The van der Waals surface area contributed by atoms with Crippen molar-refractivity contribution in [1.29, 1.82) is 0 Å². The predicted molar refractivity (Wildman–Crippen MR) is 101 cm³/mol. The van der Waals surface area contributed by atoms with Gasteiger partial charge in [0.2, 0.25) is 0 Å².